The summed E-state index contributed by atoms with van der Waals surface area (Å²) >= 11 is 5.87. The Morgan fingerprint density at radius 1 is 1.31 bits per heavy atom. The van der Waals surface area contributed by atoms with Gasteiger partial charge in [0, 0.05) is 22.6 Å². The molecule has 0 saturated heterocycles. The van der Waals surface area contributed by atoms with Crippen molar-refractivity contribution in [1.82, 2.24) is 10.3 Å². The van der Waals surface area contributed by atoms with Crippen molar-refractivity contribution >= 4 is 28.6 Å². The van der Waals surface area contributed by atoms with E-state index in [1.807, 2.05) is 30.3 Å². The molecule has 1 amide bonds. The van der Waals surface area contributed by atoms with Crippen molar-refractivity contribution in [3.05, 3.63) is 70.1 Å². The van der Waals surface area contributed by atoms with Crippen LogP contribution in [0.3, 0.4) is 0 Å². The molecule has 134 valence electrons. The number of hydrogen-bond donors (Lipinski definition) is 2. The number of aryl methyl sites for hydroxylation is 1. The average Bonchev–Trinajstić information content (AvgIpc) is 2.98. The lowest BCUT2D eigenvalue weighted by Gasteiger charge is -2.23. The third-order valence-electron chi connectivity index (χ3n) is 4.76. The van der Waals surface area contributed by atoms with E-state index in [4.69, 9.17) is 16.3 Å². The van der Waals surface area contributed by atoms with Crippen LogP contribution < -0.4 is 5.32 Å². The number of alkyl carbamates (subject to hydrolysis) is 1. The van der Waals surface area contributed by atoms with Crippen LogP contribution in [0.4, 0.5) is 9.18 Å². The number of rotatable bonds is 3. The Morgan fingerprint density at radius 2 is 2.12 bits per heavy atom. The molecule has 4 nitrogen and oxygen atoms in total. The zero-order chi connectivity index (χ0) is 18.1. The van der Waals surface area contributed by atoms with Crippen LogP contribution in [0.1, 0.15) is 23.2 Å². The first-order valence-electron chi connectivity index (χ1n) is 8.56. The summed E-state index contributed by atoms with van der Waals surface area (Å²) in [5.74, 6) is -0.432. The minimum absolute atomic E-state index is 0.0384. The van der Waals surface area contributed by atoms with Crippen molar-refractivity contribution in [3.8, 4) is 0 Å². The molecule has 1 aliphatic rings. The fourth-order valence-corrected chi connectivity index (χ4v) is 3.63. The number of fused-ring (bicyclic) bond motifs is 3. The molecular weight excluding hydrogens is 355 g/mol. The molecule has 2 aromatic carbocycles. The smallest absolute Gasteiger partial charge is 0.407 e. The third-order valence-corrected chi connectivity index (χ3v) is 5.05. The summed E-state index contributed by atoms with van der Waals surface area (Å²) in [6.45, 7) is 0.238. The minimum atomic E-state index is -0.434. The van der Waals surface area contributed by atoms with Crippen LogP contribution in [0.15, 0.2) is 42.5 Å². The second-order valence-corrected chi connectivity index (χ2v) is 6.95. The first kappa shape index (κ1) is 16.9. The number of H-pyrrole nitrogens is 1. The second kappa shape index (κ2) is 7.00. The minimum Gasteiger partial charge on any atom is -0.445 e. The van der Waals surface area contributed by atoms with Crippen molar-refractivity contribution in [3.63, 3.8) is 0 Å². The number of carbonyl (C=O) groups excluding carboxylic acids is 1. The van der Waals surface area contributed by atoms with Crippen LogP contribution in [-0.2, 0) is 24.2 Å². The molecule has 0 spiro atoms. The van der Waals surface area contributed by atoms with Crippen LogP contribution in [0, 0.1) is 5.82 Å². The first-order chi connectivity index (χ1) is 12.6. The average molecular weight is 373 g/mol. The monoisotopic (exact) mass is 372 g/mol. The van der Waals surface area contributed by atoms with Crippen molar-refractivity contribution in [1.29, 1.82) is 0 Å². The predicted molar refractivity (Wildman–Crippen MR) is 98.8 cm³/mol. The molecule has 6 heteroatoms. The number of halogens is 2. The zero-order valence-electron chi connectivity index (χ0n) is 14.0. The van der Waals surface area contributed by atoms with E-state index in [0.29, 0.717) is 6.42 Å². The Hall–Kier alpha value is -2.53. The maximum atomic E-state index is 13.8. The molecule has 2 N–H and O–H groups in total. The summed E-state index contributed by atoms with van der Waals surface area (Å²) in [6, 6.07) is 12.6. The highest BCUT2D eigenvalue weighted by Gasteiger charge is 2.24. The predicted octanol–water partition coefficient (Wildman–Crippen LogP) is 4.74. The molecule has 0 fully saturated rings. The second-order valence-electron chi connectivity index (χ2n) is 6.54. The highest BCUT2D eigenvalue weighted by Crippen LogP contribution is 2.32. The SMILES string of the molecule is O=C(NC1CCc2[nH]c3cc(Cl)c(F)cc3c2C1)OCc1ccccc1. The van der Waals surface area contributed by atoms with Gasteiger partial charge in [-0.25, -0.2) is 9.18 Å². The van der Waals surface area contributed by atoms with Gasteiger partial charge in [-0.15, -0.1) is 0 Å². The highest BCUT2D eigenvalue weighted by atomic mass is 35.5. The normalized spacial score (nSPS) is 16.3. The molecule has 1 aliphatic carbocycles. The summed E-state index contributed by atoms with van der Waals surface area (Å²) in [7, 11) is 0. The zero-order valence-corrected chi connectivity index (χ0v) is 14.8. The molecule has 3 aromatic rings. The Morgan fingerprint density at radius 3 is 2.92 bits per heavy atom. The van der Waals surface area contributed by atoms with E-state index in [2.05, 4.69) is 10.3 Å². The van der Waals surface area contributed by atoms with Gasteiger partial charge in [0.05, 0.1) is 5.02 Å². The lowest BCUT2D eigenvalue weighted by Crippen LogP contribution is -2.39. The quantitative estimate of drug-likeness (QED) is 0.697. The van der Waals surface area contributed by atoms with Gasteiger partial charge in [0.15, 0.2) is 0 Å². The summed E-state index contributed by atoms with van der Waals surface area (Å²) in [5.41, 5.74) is 3.89. The third kappa shape index (κ3) is 3.40. The van der Waals surface area contributed by atoms with Gasteiger partial charge in [0.25, 0.3) is 0 Å². The molecule has 1 heterocycles. The Labute approximate surface area is 155 Å². The van der Waals surface area contributed by atoms with E-state index in [1.54, 1.807) is 6.07 Å². The van der Waals surface area contributed by atoms with Gasteiger partial charge in [-0.1, -0.05) is 41.9 Å². The Balaban J connectivity index is 1.43. The van der Waals surface area contributed by atoms with Gasteiger partial charge in [0.2, 0.25) is 0 Å². The van der Waals surface area contributed by atoms with E-state index >= 15 is 0 Å². The molecule has 0 aliphatic heterocycles. The number of nitrogens with one attached hydrogen (secondary N) is 2. The van der Waals surface area contributed by atoms with E-state index in [9.17, 15) is 9.18 Å². The molecule has 4 rings (SSSR count). The van der Waals surface area contributed by atoms with E-state index in [1.165, 1.54) is 6.07 Å². The summed E-state index contributed by atoms with van der Waals surface area (Å²) in [6.07, 6.45) is 1.79. The molecule has 1 aromatic heterocycles. The lowest BCUT2D eigenvalue weighted by molar-refractivity contribution is 0.134. The topological polar surface area (TPSA) is 54.1 Å². The number of aromatic nitrogens is 1. The maximum Gasteiger partial charge on any atom is 0.407 e. The fraction of sp³-hybridized carbons (Fsp3) is 0.250. The van der Waals surface area contributed by atoms with Crippen molar-refractivity contribution < 1.29 is 13.9 Å². The fourth-order valence-electron chi connectivity index (χ4n) is 3.47. The maximum absolute atomic E-state index is 13.8. The van der Waals surface area contributed by atoms with Crippen molar-refractivity contribution in [2.75, 3.05) is 0 Å². The number of carbonyl (C=O) groups is 1. The van der Waals surface area contributed by atoms with Crippen LogP contribution in [0.25, 0.3) is 10.9 Å². The van der Waals surface area contributed by atoms with Gasteiger partial charge in [-0.3, -0.25) is 0 Å². The Bertz CT molecular complexity index is 955. The van der Waals surface area contributed by atoms with Crippen LogP contribution >= 0.6 is 11.6 Å². The van der Waals surface area contributed by atoms with E-state index in [-0.39, 0.29) is 17.7 Å². The molecule has 0 radical (unpaired) electrons. The number of hydrogen-bond acceptors (Lipinski definition) is 2. The number of ether oxygens (including phenoxy) is 1. The number of aromatic amines is 1. The number of benzene rings is 2. The molecule has 1 atom stereocenters. The van der Waals surface area contributed by atoms with Crippen LogP contribution in [-0.4, -0.2) is 17.1 Å². The Kier molecular flexibility index (Phi) is 4.55. The van der Waals surface area contributed by atoms with E-state index in [0.717, 1.165) is 40.6 Å². The highest BCUT2D eigenvalue weighted by molar-refractivity contribution is 6.31. The first-order valence-corrected chi connectivity index (χ1v) is 8.93. The molecule has 0 saturated carbocycles. The van der Waals surface area contributed by atoms with Crippen LogP contribution in [0.5, 0.6) is 0 Å². The van der Waals surface area contributed by atoms with Crippen LogP contribution in [0.2, 0.25) is 5.02 Å². The van der Waals surface area contributed by atoms with E-state index < -0.39 is 11.9 Å². The largest absolute Gasteiger partial charge is 0.445 e. The standard InChI is InChI=1S/C20H18ClFN2O2/c21-16-10-19-15(9-17(16)22)14-8-13(6-7-18(14)24-19)23-20(25)26-11-12-4-2-1-3-5-12/h1-5,9-10,13,24H,6-8,11H2,(H,23,25). The van der Waals surface area contributed by atoms with Crippen molar-refractivity contribution in [2.45, 2.75) is 31.9 Å². The van der Waals surface area contributed by atoms with Gasteiger partial charge in [-0.2, -0.15) is 0 Å². The number of amides is 1. The molecule has 0 bridgehead atoms. The molecule has 26 heavy (non-hydrogen) atoms. The summed E-state index contributed by atoms with van der Waals surface area (Å²) in [4.78, 5) is 15.4. The molecule has 1 unspecified atom stereocenters. The summed E-state index contributed by atoms with van der Waals surface area (Å²) < 4.78 is 19.1. The van der Waals surface area contributed by atoms with Gasteiger partial charge < -0.3 is 15.0 Å². The van der Waals surface area contributed by atoms with Crippen molar-refractivity contribution in [2.24, 2.45) is 0 Å². The molecular formula is C20H18ClFN2O2. The van der Waals surface area contributed by atoms with Gasteiger partial charge >= 0.3 is 6.09 Å². The summed E-state index contributed by atoms with van der Waals surface area (Å²) in [5, 5.41) is 3.85. The van der Waals surface area contributed by atoms with Gasteiger partial charge in [0.1, 0.15) is 12.4 Å². The van der Waals surface area contributed by atoms with Gasteiger partial charge in [-0.05, 0) is 42.5 Å². The lowest BCUT2D eigenvalue weighted by atomic mass is 9.91.